The highest BCUT2D eigenvalue weighted by Gasteiger charge is 2.11. The average Bonchev–Trinajstić information content (AvgIpc) is 2.33. The Morgan fingerprint density at radius 2 is 1.74 bits per heavy atom. The third kappa shape index (κ3) is 2.88. The van der Waals surface area contributed by atoms with E-state index in [0.29, 0.717) is 5.56 Å². The Morgan fingerprint density at radius 3 is 2.26 bits per heavy atom. The molecule has 0 heterocycles. The SMILES string of the molecule is CS(=O)(=O)c1ccc(-c2cc(Cl)c(N)cc2F)cc1. The zero-order valence-corrected chi connectivity index (χ0v) is 11.6. The van der Waals surface area contributed by atoms with Gasteiger partial charge < -0.3 is 5.73 Å². The molecule has 0 radical (unpaired) electrons. The highest BCUT2D eigenvalue weighted by atomic mass is 35.5. The van der Waals surface area contributed by atoms with Crippen molar-refractivity contribution in [1.29, 1.82) is 0 Å². The van der Waals surface area contributed by atoms with Crippen molar-refractivity contribution in [2.45, 2.75) is 4.90 Å². The summed E-state index contributed by atoms with van der Waals surface area (Å²) in [6.07, 6.45) is 1.11. The lowest BCUT2D eigenvalue weighted by Gasteiger charge is -2.07. The number of hydrogen-bond acceptors (Lipinski definition) is 3. The molecule has 0 aliphatic rings. The first-order valence-corrected chi connectivity index (χ1v) is 7.61. The Hall–Kier alpha value is -1.59. The lowest BCUT2D eigenvalue weighted by atomic mass is 10.0. The van der Waals surface area contributed by atoms with Crippen molar-refractivity contribution in [2.24, 2.45) is 0 Å². The summed E-state index contributed by atoms with van der Waals surface area (Å²) in [4.78, 5) is 0.179. The van der Waals surface area contributed by atoms with Gasteiger partial charge in [-0.25, -0.2) is 12.8 Å². The molecule has 6 heteroatoms. The van der Waals surface area contributed by atoms with Crippen LogP contribution in [0.25, 0.3) is 11.1 Å². The molecule has 2 rings (SSSR count). The van der Waals surface area contributed by atoms with Crippen LogP contribution in [0.2, 0.25) is 5.02 Å². The van der Waals surface area contributed by atoms with E-state index in [0.717, 1.165) is 12.3 Å². The Kier molecular flexibility index (Phi) is 3.52. The molecule has 3 nitrogen and oxygen atoms in total. The fraction of sp³-hybridized carbons (Fsp3) is 0.0769. The maximum absolute atomic E-state index is 13.8. The lowest BCUT2D eigenvalue weighted by Crippen LogP contribution is -1.97. The quantitative estimate of drug-likeness (QED) is 0.867. The van der Waals surface area contributed by atoms with Crippen molar-refractivity contribution in [1.82, 2.24) is 0 Å². The predicted octanol–water partition coefficient (Wildman–Crippen LogP) is 3.13. The van der Waals surface area contributed by atoms with Crippen LogP contribution in [0, 0.1) is 5.82 Å². The molecule has 0 unspecified atom stereocenters. The Bertz CT molecular complexity index is 727. The van der Waals surface area contributed by atoms with Crippen molar-refractivity contribution in [2.75, 3.05) is 12.0 Å². The maximum atomic E-state index is 13.8. The van der Waals surface area contributed by atoms with Gasteiger partial charge in [0.05, 0.1) is 15.6 Å². The van der Waals surface area contributed by atoms with Gasteiger partial charge in [-0.15, -0.1) is 0 Å². The van der Waals surface area contributed by atoms with E-state index in [1.807, 2.05) is 0 Å². The second-order valence-electron chi connectivity index (χ2n) is 4.15. The molecule has 0 aromatic heterocycles. The van der Waals surface area contributed by atoms with Crippen LogP contribution >= 0.6 is 11.6 Å². The number of anilines is 1. The molecule has 0 saturated heterocycles. The van der Waals surface area contributed by atoms with Crippen molar-refractivity contribution in [3.63, 3.8) is 0 Å². The van der Waals surface area contributed by atoms with E-state index in [9.17, 15) is 12.8 Å². The van der Waals surface area contributed by atoms with Crippen molar-refractivity contribution in [3.05, 3.63) is 47.2 Å². The molecule has 2 aromatic carbocycles. The molecule has 19 heavy (non-hydrogen) atoms. The smallest absolute Gasteiger partial charge is 0.175 e. The molecule has 0 bridgehead atoms. The minimum absolute atomic E-state index is 0.163. The number of nitrogens with two attached hydrogens (primary N) is 1. The number of sulfone groups is 1. The highest BCUT2D eigenvalue weighted by molar-refractivity contribution is 7.90. The van der Waals surface area contributed by atoms with E-state index in [1.165, 1.54) is 30.3 Å². The topological polar surface area (TPSA) is 60.2 Å². The van der Waals surface area contributed by atoms with E-state index in [1.54, 1.807) is 0 Å². The van der Waals surface area contributed by atoms with Gasteiger partial charge in [-0.1, -0.05) is 23.7 Å². The number of halogens is 2. The van der Waals surface area contributed by atoms with Gasteiger partial charge in [-0.05, 0) is 29.8 Å². The first kappa shape index (κ1) is 13.8. The summed E-state index contributed by atoms with van der Waals surface area (Å²) in [5, 5.41) is 0.253. The summed E-state index contributed by atoms with van der Waals surface area (Å²) in [7, 11) is -3.27. The van der Waals surface area contributed by atoms with Gasteiger partial charge in [0.1, 0.15) is 5.82 Å². The summed E-state index contributed by atoms with van der Waals surface area (Å²) in [5.74, 6) is -0.506. The van der Waals surface area contributed by atoms with E-state index in [4.69, 9.17) is 17.3 Å². The van der Waals surface area contributed by atoms with Crippen LogP contribution in [0.4, 0.5) is 10.1 Å². The first-order chi connectivity index (χ1) is 8.79. The van der Waals surface area contributed by atoms with Gasteiger partial charge in [-0.3, -0.25) is 0 Å². The van der Waals surface area contributed by atoms with E-state index in [-0.39, 0.29) is 21.2 Å². The Morgan fingerprint density at radius 1 is 1.16 bits per heavy atom. The molecule has 0 fully saturated rings. The minimum atomic E-state index is -3.27. The predicted molar refractivity (Wildman–Crippen MR) is 74.4 cm³/mol. The molecule has 0 atom stereocenters. The summed E-state index contributed by atoms with van der Waals surface area (Å²) in [6, 6.07) is 8.47. The van der Waals surface area contributed by atoms with E-state index >= 15 is 0 Å². The third-order valence-electron chi connectivity index (χ3n) is 2.68. The summed E-state index contributed by atoms with van der Waals surface area (Å²) in [5.41, 5.74) is 6.47. The van der Waals surface area contributed by atoms with Crippen LogP contribution in [0.5, 0.6) is 0 Å². The molecule has 0 amide bonds. The van der Waals surface area contributed by atoms with Crippen LogP contribution in [0.1, 0.15) is 0 Å². The number of benzene rings is 2. The Balaban J connectivity index is 2.52. The third-order valence-corrected chi connectivity index (χ3v) is 4.14. The molecular formula is C13H11ClFNO2S. The fourth-order valence-corrected chi connectivity index (χ4v) is 2.46. The molecule has 0 spiro atoms. The van der Waals surface area contributed by atoms with Crippen molar-refractivity contribution >= 4 is 27.1 Å². The molecule has 0 aliphatic heterocycles. The molecule has 0 saturated carbocycles. The van der Waals surface area contributed by atoms with Crippen LogP contribution < -0.4 is 5.73 Å². The average molecular weight is 300 g/mol. The van der Waals surface area contributed by atoms with Crippen LogP contribution in [-0.4, -0.2) is 14.7 Å². The molecule has 2 N–H and O–H groups in total. The fourth-order valence-electron chi connectivity index (χ4n) is 1.67. The summed E-state index contributed by atoms with van der Waals surface area (Å²) >= 11 is 5.85. The minimum Gasteiger partial charge on any atom is -0.397 e. The van der Waals surface area contributed by atoms with Crippen LogP contribution in [-0.2, 0) is 9.84 Å². The summed E-state index contributed by atoms with van der Waals surface area (Å²) < 4.78 is 36.5. The monoisotopic (exact) mass is 299 g/mol. The number of hydrogen-bond donors (Lipinski definition) is 1. The Labute approximate surface area is 115 Å². The lowest BCUT2D eigenvalue weighted by molar-refractivity contribution is 0.602. The zero-order valence-electron chi connectivity index (χ0n) is 10.0. The molecular weight excluding hydrogens is 289 g/mol. The first-order valence-electron chi connectivity index (χ1n) is 5.34. The van der Waals surface area contributed by atoms with Gasteiger partial charge >= 0.3 is 0 Å². The number of nitrogen functional groups attached to an aromatic ring is 1. The van der Waals surface area contributed by atoms with Crippen LogP contribution in [0.3, 0.4) is 0 Å². The molecule has 0 aliphatic carbocycles. The number of rotatable bonds is 2. The zero-order chi connectivity index (χ0) is 14.2. The van der Waals surface area contributed by atoms with Gasteiger partial charge in [-0.2, -0.15) is 0 Å². The molecule has 100 valence electrons. The van der Waals surface area contributed by atoms with Gasteiger partial charge in [0.15, 0.2) is 9.84 Å². The van der Waals surface area contributed by atoms with E-state index in [2.05, 4.69) is 0 Å². The summed E-state index contributed by atoms with van der Waals surface area (Å²) in [6.45, 7) is 0. The maximum Gasteiger partial charge on any atom is 0.175 e. The highest BCUT2D eigenvalue weighted by Crippen LogP contribution is 2.30. The van der Waals surface area contributed by atoms with Gasteiger partial charge in [0.25, 0.3) is 0 Å². The molecule has 2 aromatic rings. The normalized spacial score (nSPS) is 11.5. The van der Waals surface area contributed by atoms with Gasteiger partial charge in [0.2, 0.25) is 0 Å². The largest absolute Gasteiger partial charge is 0.397 e. The second-order valence-corrected chi connectivity index (χ2v) is 6.57. The van der Waals surface area contributed by atoms with Crippen molar-refractivity contribution in [3.8, 4) is 11.1 Å². The van der Waals surface area contributed by atoms with E-state index < -0.39 is 15.7 Å². The van der Waals surface area contributed by atoms with Gasteiger partial charge in [0, 0.05) is 11.8 Å². The van der Waals surface area contributed by atoms with Crippen LogP contribution in [0.15, 0.2) is 41.3 Å². The second kappa shape index (κ2) is 4.83. The van der Waals surface area contributed by atoms with Crippen molar-refractivity contribution < 1.29 is 12.8 Å². The standard InChI is InChI=1S/C13H11ClFNO2S/c1-19(17,18)9-4-2-8(3-5-9)10-6-11(14)13(16)7-12(10)15/h2-7H,16H2,1H3.